The zero-order valence-electron chi connectivity index (χ0n) is 18.1. The average Bonchev–Trinajstić information content (AvgIpc) is 2.81. The molecule has 0 bridgehead atoms. The molecule has 2 amide bonds. The summed E-state index contributed by atoms with van der Waals surface area (Å²) in [6.07, 6.45) is 4.44. The van der Waals surface area contributed by atoms with Gasteiger partial charge in [-0.05, 0) is 53.5 Å². The van der Waals surface area contributed by atoms with E-state index in [2.05, 4.69) is 5.32 Å². The van der Waals surface area contributed by atoms with Crippen LogP contribution in [0, 0.1) is 5.82 Å². The molecule has 0 aliphatic carbocycles. The Morgan fingerprint density at radius 3 is 2.38 bits per heavy atom. The van der Waals surface area contributed by atoms with Crippen molar-refractivity contribution in [1.29, 1.82) is 0 Å². The molecule has 0 unspecified atom stereocenters. The van der Waals surface area contributed by atoms with Gasteiger partial charge in [0.25, 0.3) is 5.91 Å². The smallest absolute Gasteiger partial charge is 0.251 e. The lowest BCUT2D eigenvalue weighted by Crippen LogP contribution is -2.29. The van der Waals surface area contributed by atoms with Crippen molar-refractivity contribution in [3.63, 3.8) is 0 Å². The van der Waals surface area contributed by atoms with Crippen LogP contribution in [0.15, 0.2) is 84.9 Å². The number of amides is 2. The Bertz CT molecular complexity index is 1060. The van der Waals surface area contributed by atoms with Crippen LogP contribution in [0.3, 0.4) is 0 Å². The summed E-state index contributed by atoms with van der Waals surface area (Å²) in [6, 6.07) is 23.1. The summed E-state index contributed by atoms with van der Waals surface area (Å²) in [4.78, 5) is 26.6. The zero-order chi connectivity index (χ0) is 22.8. The van der Waals surface area contributed by atoms with Gasteiger partial charge < -0.3 is 10.2 Å². The summed E-state index contributed by atoms with van der Waals surface area (Å²) in [6.45, 7) is 2.89. The van der Waals surface area contributed by atoms with Gasteiger partial charge in [0.1, 0.15) is 5.82 Å². The van der Waals surface area contributed by atoms with E-state index in [0.717, 1.165) is 17.5 Å². The molecule has 4 nitrogen and oxygen atoms in total. The molecule has 32 heavy (non-hydrogen) atoms. The molecule has 0 fully saturated rings. The van der Waals surface area contributed by atoms with Gasteiger partial charge in [-0.3, -0.25) is 9.59 Å². The van der Waals surface area contributed by atoms with Gasteiger partial charge in [0, 0.05) is 18.3 Å². The molecule has 3 rings (SSSR count). The van der Waals surface area contributed by atoms with Crippen molar-refractivity contribution in [2.75, 3.05) is 11.4 Å². The van der Waals surface area contributed by atoms with Gasteiger partial charge in [0.15, 0.2) is 0 Å². The van der Waals surface area contributed by atoms with E-state index in [0.29, 0.717) is 17.8 Å². The Labute approximate surface area is 188 Å². The number of rotatable bonds is 9. The van der Waals surface area contributed by atoms with Crippen molar-refractivity contribution >= 4 is 23.6 Å². The van der Waals surface area contributed by atoms with Gasteiger partial charge in [0.2, 0.25) is 5.91 Å². The molecule has 0 heterocycles. The molecule has 164 valence electrons. The molecule has 1 N–H and O–H groups in total. The van der Waals surface area contributed by atoms with E-state index in [-0.39, 0.29) is 30.6 Å². The van der Waals surface area contributed by atoms with Crippen LogP contribution in [0.25, 0.3) is 6.08 Å². The van der Waals surface area contributed by atoms with E-state index in [4.69, 9.17) is 0 Å². The molecule has 0 saturated heterocycles. The lowest BCUT2D eigenvalue weighted by molar-refractivity contribution is -0.120. The Hall–Kier alpha value is -3.73. The number of hydrogen-bond acceptors (Lipinski definition) is 2. The first kappa shape index (κ1) is 22.9. The van der Waals surface area contributed by atoms with Crippen molar-refractivity contribution in [3.05, 3.63) is 107 Å². The molecule has 0 radical (unpaired) electrons. The van der Waals surface area contributed by atoms with E-state index in [1.165, 1.54) is 18.2 Å². The second kappa shape index (κ2) is 11.6. The lowest BCUT2D eigenvalue weighted by atomic mass is 10.1. The molecular formula is C27H27FN2O2. The molecule has 0 saturated carbocycles. The fraction of sp³-hybridized carbons (Fsp3) is 0.185. The van der Waals surface area contributed by atoms with Crippen molar-refractivity contribution < 1.29 is 14.0 Å². The standard InChI is InChI=1S/C27H27FN2O2/c1-2-17-29-26(31)19-22-11-14-25(15-12-22)30(20-23-9-6-10-24(28)18-23)27(32)16-13-21-7-4-3-5-8-21/h3-16,18H,2,17,19-20H2,1H3,(H,29,31)/b16-13+. The van der Waals surface area contributed by atoms with Crippen LogP contribution in [0.4, 0.5) is 10.1 Å². The van der Waals surface area contributed by atoms with Crippen LogP contribution in [0.5, 0.6) is 0 Å². The van der Waals surface area contributed by atoms with Crippen molar-refractivity contribution in [2.24, 2.45) is 0 Å². The first-order valence-electron chi connectivity index (χ1n) is 10.7. The average molecular weight is 431 g/mol. The highest BCUT2D eigenvalue weighted by molar-refractivity contribution is 6.03. The van der Waals surface area contributed by atoms with E-state index in [9.17, 15) is 14.0 Å². The first-order chi connectivity index (χ1) is 15.5. The highest BCUT2D eigenvalue weighted by Crippen LogP contribution is 2.20. The van der Waals surface area contributed by atoms with Gasteiger partial charge in [0.05, 0.1) is 13.0 Å². The second-order valence-electron chi connectivity index (χ2n) is 7.49. The zero-order valence-corrected chi connectivity index (χ0v) is 18.1. The minimum Gasteiger partial charge on any atom is -0.356 e. The Kier molecular flexibility index (Phi) is 8.32. The summed E-state index contributed by atoms with van der Waals surface area (Å²) in [5.74, 6) is -0.590. The van der Waals surface area contributed by atoms with E-state index >= 15 is 0 Å². The van der Waals surface area contributed by atoms with E-state index < -0.39 is 0 Å². The third-order valence-corrected chi connectivity index (χ3v) is 4.90. The number of halogens is 1. The van der Waals surface area contributed by atoms with Gasteiger partial charge in [-0.15, -0.1) is 0 Å². The van der Waals surface area contributed by atoms with Crippen LogP contribution in [0.2, 0.25) is 0 Å². The summed E-state index contributed by atoms with van der Waals surface area (Å²) in [5, 5.41) is 2.86. The predicted octanol–water partition coefficient (Wildman–Crippen LogP) is 5.14. The molecule has 0 atom stereocenters. The Balaban J connectivity index is 1.80. The summed E-state index contributed by atoms with van der Waals surface area (Å²) >= 11 is 0. The highest BCUT2D eigenvalue weighted by atomic mass is 19.1. The lowest BCUT2D eigenvalue weighted by Gasteiger charge is -2.22. The molecule has 5 heteroatoms. The van der Waals surface area contributed by atoms with E-state index in [1.54, 1.807) is 23.1 Å². The third kappa shape index (κ3) is 6.91. The van der Waals surface area contributed by atoms with Gasteiger partial charge >= 0.3 is 0 Å². The van der Waals surface area contributed by atoms with Crippen molar-refractivity contribution in [3.8, 4) is 0 Å². The van der Waals surface area contributed by atoms with Crippen LogP contribution < -0.4 is 10.2 Å². The number of anilines is 1. The number of carbonyl (C=O) groups is 2. The molecule has 0 aliphatic heterocycles. The Morgan fingerprint density at radius 1 is 0.938 bits per heavy atom. The number of nitrogens with zero attached hydrogens (tertiary/aromatic N) is 1. The topological polar surface area (TPSA) is 49.4 Å². The molecule has 0 spiro atoms. The summed E-state index contributed by atoms with van der Waals surface area (Å²) in [5.41, 5.74) is 3.14. The van der Waals surface area contributed by atoms with Crippen LogP contribution in [-0.4, -0.2) is 18.4 Å². The molecule has 0 aromatic heterocycles. The fourth-order valence-corrected chi connectivity index (χ4v) is 3.24. The van der Waals surface area contributed by atoms with Crippen LogP contribution in [0.1, 0.15) is 30.0 Å². The minimum atomic E-state index is -0.344. The second-order valence-corrected chi connectivity index (χ2v) is 7.49. The molecular weight excluding hydrogens is 403 g/mol. The maximum atomic E-state index is 13.7. The van der Waals surface area contributed by atoms with Gasteiger partial charge in [-0.1, -0.05) is 61.5 Å². The van der Waals surface area contributed by atoms with Gasteiger partial charge in [-0.2, -0.15) is 0 Å². The first-order valence-corrected chi connectivity index (χ1v) is 10.7. The predicted molar refractivity (Wildman–Crippen MR) is 127 cm³/mol. The van der Waals surface area contributed by atoms with Crippen molar-refractivity contribution in [2.45, 2.75) is 26.3 Å². The van der Waals surface area contributed by atoms with Crippen LogP contribution in [-0.2, 0) is 22.6 Å². The molecule has 3 aromatic rings. The molecule has 0 aliphatic rings. The van der Waals surface area contributed by atoms with E-state index in [1.807, 2.05) is 61.5 Å². The maximum absolute atomic E-state index is 13.7. The van der Waals surface area contributed by atoms with Crippen molar-refractivity contribution in [1.82, 2.24) is 5.32 Å². The third-order valence-electron chi connectivity index (χ3n) is 4.90. The molecule has 3 aromatic carbocycles. The fourth-order valence-electron chi connectivity index (χ4n) is 3.24. The minimum absolute atomic E-state index is 0.0295. The van der Waals surface area contributed by atoms with Gasteiger partial charge in [-0.25, -0.2) is 4.39 Å². The number of benzene rings is 3. The number of carbonyl (C=O) groups excluding carboxylic acids is 2. The monoisotopic (exact) mass is 430 g/mol. The number of nitrogens with one attached hydrogen (secondary N) is 1. The summed E-state index contributed by atoms with van der Waals surface area (Å²) < 4.78 is 13.7. The van der Waals surface area contributed by atoms with Crippen LogP contribution >= 0.6 is 0 Å². The highest BCUT2D eigenvalue weighted by Gasteiger charge is 2.15. The normalized spacial score (nSPS) is 10.8. The SMILES string of the molecule is CCCNC(=O)Cc1ccc(N(Cc2cccc(F)c2)C(=O)/C=C/c2ccccc2)cc1. The number of hydrogen-bond donors (Lipinski definition) is 1. The quantitative estimate of drug-likeness (QED) is 0.478. The maximum Gasteiger partial charge on any atom is 0.251 e. The largest absolute Gasteiger partial charge is 0.356 e. The summed E-state index contributed by atoms with van der Waals surface area (Å²) in [7, 11) is 0. The Morgan fingerprint density at radius 2 is 1.69 bits per heavy atom.